The molecule has 160 valence electrons. The third kappa shape index (κ3) is 5.26. The van der Waals surface area contributed by atoms with Crippen molar-refractivity contribution in [2.24, 2.45) is 0 Å². The first-order valence-corrected chi connectivity index (χ1v) is 11.1. The number of non-ortho nitro benzene ring substituents is 1. The maximum Gasteiger partial charge on any atom is 0.271 e. The monoisotopic (exact) mass is 453 g/mol. The summed E-state index contributed by atoms with van der Waals surface area (Å²) in [6.45, 7) is 0.665. The first kappa shape index (κ1) is 22.0. The molecule has 1 N–H and O–H groups in total. The van der Waals surface area contributed by atoms with Gasteiger partial charge < -0.3 is 10.1 Å². The number of hydrogen-bond acceptors (Lipinski definition) is 6. The number of benzene rings is 2. The molecule has 0 aromatic heterocycles. The molecule has 1 aliphatic rings. The van der Waals surface area contributed by atoms with Crippen LogP contribution in [0.2, 0.25) is 5.02 Å². The molecule has 30 heavy (non-hydrogen) atoms. The fourth-order valence-corrected chi connectivity index (χ4v) is 4.77. The number of hydrogen-bond donors (Lipinski definition) is 1. The van der Waals surface area contributed by atoms with E-state index >= 15 is 0 Å². The van der Waals surface area contributed by atoms with Crippen LogP contribution in [0.3, 0.4) is 0 Å². The van der Waals surface area contributed by atoms with Crippen molar-refractivity contribution in [3.8, 4) is 5.75 Å². The summed E-state index contributed by atoms with van der Waals surface area (Å²) in [6.07, 6.45) is 2.74. The van der Waals surface area contributed by atoms with Crippen LogP contribution in [0, 0.1) is 10.1 Å². The second-order valence-electron chi connectivity index (χ2n) is 6.70. The lowest BCUT2D eigenvalue weighted by Gasteiger charge is -2.25. The van der Waals surface area contributed by atoms with Gasteiger partial charge in [-0.1, -0.05) is 18.0 Å². The van der Waals surface area contributed by atoms with E-state index in [0.717, 1.165) is 25.3 Å². The number of nitrogens with zero attached hydrogens (tertiary/aromatic N) is 2. The molecule has 2 aromatic carbocycles. The van der Waals surface area contributed by atoms with E-state index in [0.29, 0.717) is 18.8 Å². The Morgan fingerprint density at radius 2 is 1.80 bits per heavy atom. The van der Waals surface area contributed by atoms with Crippen LogP contribution in [-0.4, -0.2) is 43.2 Å². The first-order chi connectivity index (χ1) is 14.3. The van der Waals surface area contributed by atoms with Crippen molar-refractivity contribution >= 4 is 38.9 Å². The molecule has 0 unspecified atom stereocenters. The van der Waals surface area contributed by atoms with Gasteiger partial charge in [0.05, 0.1) is 14.8 Å². The van der Waals surface area contributed by atoms with Crippen molar-refractivity contribution in [3.63, 3.8) is 0 Å². The van der Waals surface area contributed by atoms with Crippen LogP contribution in [0.1, 0.15) is 19.3 Å². The second-order valence-corrected chi connectivity index (χ2v) is 9.04. The van der Waals surface area contributed by atoms with E-state index in [4.69, 9.17) is 16.3 Å². The smallest absolute Gasteiger partial charge is 0.271 e. The van der Waals surface area contributed by atoms with E-state index in [1.807, 2.05) is 0 Å². The summed E-state index contributed by atoms with van der Waals surface area (Å²) in [5.74, 6) is -0.351. The Morgan fingerprint density at radius 3 is 2.40 bits per heavy atom. The summed E-state index contributed by atoms with van der Waals surface area (Å²) in [4.78, 5) is 22.4. The number of carbonyl (C=O) groups excluding carboxylic acids is 1. The summed E-state index contributed by atoms with van der Waals surface area (Å²) < 4.78 is 32.1. The van der Waals surface area contributed by atoms with Gasteiger partial charge in [-0.25, -0.2) is 8.42 Å². The standard InChI is InChI=1S/C19H20ClN3O6S/c20-17-12-15(23(25)26)6-9-18(17)29-13-19(24)21-14-4-7-16(8-5-14)30(27,28)22-10-2-1-3-11-22/h4-9,12H,1-3,10-11,13H2,(H,21,24). The quantitative estimate of drug-likeness (QED) is 0.506. The molecule has 1 heterocycles. The molecule has 3 rings (SSSR count). The van der Waals surface area contributed by atoms with Crippen molar-refractivity contribution in [2.45, 2.75) is 24.2 Å². The Balaban J connectivity index is 1.57. The predicted molar refractivity (Wildman–Crippen MR) is 111 cm³/mol. The molecule has 1 amide bonds. The summed E-state index contributed by atoms with van der Waals surface area (Å²) in [7, 11) is -3.53. The van der Waals surface area contributed by atoms with Gasteiger partial charge in [-0.05, 0) is 43.2 Å². The lowest BCUT2D eigenvalue weighted by Crippen LogP contribution is -2.35. The third-order valence-corrected chi connectivity index (χ3v) is 6.78. The fraction of sp³-hybridized carbons (Fsp3) is 0.316. The Labute approximate surface area is 178 Å². The maximum absolute atomic E-state index is 12.6. The molecule has 1 aliphatic heterocycles. The largest absolute Gasteiger partial charge is 0.482 e. The van der Waals surface area contributed by atoms with Gasteiger partial charge >= 0.3 is 0 Å². The average molecular weight is 454 g/mol. The van der Waals surface area contributed by atoms with Crippen LogP contribution in [0.25, 0.3) is 0 Å². The Kier molecular flexibility index (Phi) is 6.91. The van der Waals surface area contributed by atoms with Crippen molar-refractivity contribution in [1.29, 1.82) is 0 Å². The Morgan fingerprint density at radius 1 is 1.13 bits per heavy atom. The zero-order valence-corrected chi connectivity index (χ0v) is 17.5. The second kappa shape index (κ2) is 9.41. The van der Waals surface area contributed by atoms with Crippen LogP contribution < -0.4 is 10.1 Å². The van der Waals surface area contributed by atoms with Gasteiger partial charge in [0.15, 0.2) is 6.61 Å². The number of rotatable bonds is 7. The van der Waals surface area contributed by atoms with Crippen LogP contribution in [0.4, 0.5) is 11.4 Å². The lowest BCUT2D eigenvalue weighted by molar-refractivity contribution is -0.384. The number of halogens is 1. The molecule has 0 radical (unpaired) electrons. The van der Waals surface area contributed by atoms with Gasteiger partial charge in [0.25, 0.3) is 11.6 Å². The van der Waals surface area contributed by atoms with Crippen molar-refractivity contribution in [3.05, 3.63) is 57.6 Å². The predicted octanol–water partition coefficient (Wildman–Crippen LogP) is 3.44. The first-order valence-electron chi connectivity index (χ1n) is 9.24. The number of amides is 1. The highest BCUT2D eigenvalue weighted by molar-refractivity contribution is 7.89. The van der Waals surface area contributed by atoms with E-state index in [-0.39, 0.29) is 28.0 Å². The molecule has 0 bridgehead atoms. The minimum Gasteiger partial charge on any atom is -0.482 e. The van der Waals surface area contributed by atoms with Crippen LogP contribution >= 0.6 is 11.6 Å². The van der Waals surface area contributed by atoms with E-state index in [9.17, 15) is 23.3 Å². The minimum absolute atomic E-state index is 0.0178. The minimum atomic E-state index is -3.53. The number of nitrogens with one attached hydrogen (secondary N) is 1. The number of sulfonamides is 1. The molecule has 1 fully saturated rings. The number of piperidine rings is 1. The lowest BCUT2D eigenvalue weighted by atomic mass is 10.2. The molecule has 0 aliphatic carbocycles. The topological polar surface area (TPSA) is 119 Å². The van der Waals surface area contributed by atoms with Crippen molar-refractivity contribution in [1.82, 2.24) is 4.31 Å². The molecule has 1 saturated heterocycles. The van der Waals surface area contributed by atoms with Crippen molar-refractivity contribution in [2.75, 3.05) is 25.0 Å². The number of nitro benzene ring substituents is 1. The molecule has 2 aromatic rings. The van der Waals surface area contributed by atoms with Gasteiger partial charge in [0.2, 0.25) is 10.0 Å². The number of ether oxygens (including phenoxy) is 1. The molecule has 11 heteroatoms. The maximum atomic E-state index is 12.6. The van der Waals surface area contributed by atoms with Gasteiger partial charge in [-0.15, -0.1) is 0 Å². The van der Waals surface area contributed by atoms with E-state index in [1.54, 1.807) is 0 Å². The SMILES string of the molecule is O=C(COc1ccc([N+](=O)[O-])cc1Cl)Nc1ccc(S(=O)(=O)N2CCCCC2)cc1. The van der Waals surface area contributed by atoms with Gasteiger partial charge in [-0.2, -0.15) is 4.31 Å². The molecular weight excluding hydrogens is 434 g/mol. The molecule has 0 atom stereocenters. The zero-order chi connectivity index (χ0) is 21.7. The van der Waals surface area contributed by atoms with Crippen LogP contribution in [-0.2, 0) is 14.8 Å². The normalized spacial score (nSPS) is 14.8. The highest BCUT2D eigenvalue weighted by atomic mass is 35.5. The van der Waals surface area contributed by atoms with Gasteiger partial charge in [0.1, 0.15) is 5.75 Å². The highest BCUT2D eigenvalue weighted by Crippen LogP contribution is 2.28. The molecule has 0 spiro atoms. The number of carbonyl (C=O) groups is 1. The third-order valence-electron chi connectivity index (χ3n) is 4.58. The highest BCUT2D eigenvalue weighted by Gasteiger charge is 2.25. The summed E-state index contributed by atoms with van der Waals surface area (Å²) in [6, 6.07) is 9.59. The van der Waals surface area contributed by atoms with E-state index < -0.39 is 20.9 Å². The molecular formula is C19H20ClN3O6S. The molecule has 9 nitrogen and oxygen atoms in total. The van der Waals surface area contributed by atoms with E-state index in [2.05, 4.69) is 5.32 Å². The van der Waals surface area contributed by atoms with Gasteiger partial charge in [-0.3, -0.25) is 14.9 Å². The van der Waals surface area contributed by atoms with E-state index in [1.165, 1.54) is 40.7 Å². The summed E-state index contributed by atoms with van der Waals surface area (Å²) in [5.41, 5.74) is 0.229. The molecule has 0 saturated carbocycles. The Hall–Kier alpha value is -2.69. The number of anilines is 1. The van der Waals surface area contributed by atoms with Crippen LogP contribution in [0.5, 0.6) is 5.75 Å². The average Bonchev–Trinajstić information content (AvgIpc) is 2.73. The van der Waals surface area contributed by atoms with Gasteiger partial charge in [0, 0.05) is 30.9 Å². The van der Waals surface area contributed by atoms with Crippen LogP contribution in [0.15, 0.2) is 47.4 Å². The summed E-state index contributed by atoms with van der Waals surface area (Å²) >= 11 is 5.92. The summed E-state index contributed by atoms with van der Waals surface area (Å²) in [5, 5.41) is 13.3. The fourth-order valence-electron chi connectivity index (χ4n) is 3.03. The zero-order valence-electron chi connectivity index (χ0n) is 15.9. The number of nitro groups is 1. The van der Waals surface area contributed by atoms with Crippen molar-refractivity contribution < 1.29 is 22.9 Å². The Bertz CT molecular complexity index is 1040.